The van der Waals surface area contributed by atoms with Gasteiger partial charge in [-0.2, -0.15) is 0 Å². The Labute approximate surface area is 156 Å². The highest BCUT2D eigenvalue weighted by molar-refractivity contribution is 5.89. The number of benzene rings is 2. The number of rotatable bonds is 5. The Hall–Kier alpha value is -3.73. The molecule has 132 valence electrons. The minimum Gasteiger partial charge on any atom is -0.478 e. The Bertz CT molecular complexity index is 1070. The van der Waals surface area contributed by atoms with E-state index in [1.165, 1.54) is 0 Å². The molecule has 0 spiro atoms. The van der Waals surface area contributed by atoms with Gasteiger partial charge in [-0.15, -0.1) is 0 Å². The molecule has 0 unspecified atom stereocenters. The Morgan fingerprint density at radius 1 is 0.852 bits per heavy atom. The first kappa shape index (κ1) is 16.7. The van der Waals surface area contributed by atoms with Gasteiger partial charge in [0, 0.05) is 36.3 Å². The molecule has 1 N–H and O–H groups in total. The van der Waals surface area contributed by atoms with Crippen LogP contribution in [0.1, 0.15) is 15.9 Å². The highest BCUT2D eigenvalue weighted by atomic mass is 16.4. The number of imidazole rings is 1. The number of carboxylic acids is 1. The fraction of sp³-hybridized carbons (Fsp3) is 0.0455. The van der Waals surface area contributed by atoms with E-state index in [1.54, 1.807) is 24.5 Å². The number of aromatic nitrogens is 3. The SMILES string of the molecule is O=C(O)c1ccccc1Cn1ccnc1-c1ccc(-c2ccccn2)cc1. The fourth-order valence-electron chi connectivity index (χ4n) is 3.07. The summed E-state index contributed by atoms with van der Waals surface area (Å²) in [4.78, 5) is 20.3. The maximum atomic E-state index is 11.4. The molecular formula is C22H17N3O2. The van der Waals surface area contributed by atoms with Crippen molar-refractivity contribution >= 4 is 5.97 Å². The minimum atomic E-state index is -0.924. The molecule has 0 aliphatic rings. The van der Waals surface area contributed by atoms with Gasteiger partial charge in [0.05, 0.1) is 11.3 Å². The summed E-state index contributed by atoms with van der Waals surface area (Å²) in [6.07, 6.45) is 5.36. The number of hydrogen-bond acceptors (Lipinski definition) is 3. The van der Waals surface area contributed by atoms with Crippen molar-refractivity contribution in [2.24, 2.45) is 0 Å². The highest BCUT2D eigenvalue weighted by Crippen LogP contribution is 2.24. The summed E-state index contributed by atoms with van der Waals surface area (Å²) in [7, 11) is 0. The van der Waals surface area contributed by atoms with Gasteiger partial charge in [0.15, 0.2) is 0 Å². The second-order valence-corrected chi connectivity index (χ2v) is 6.13. The summed E-state index contributed by atoms with van der Waals surface area (Å²) in [6, 6.07) is 20.9. The van der Waals surface area contributed by atoms with Gasteiger partial charge < -0.3 is 9.67 Å². The number of hydrogen-bond donors (Lipinski definition) is 1. The average Bonchev–Trinajstić information content (AvgIpc) is 3.17. The normalized spacial score (nSPS) is 10.7. The molecule has 2 heterocycles. The predicted octanol–water partition coefficient (Wildman–Crippen LogP) is 4.36. The Morgan fingerprint density at radius 3 is 2.33 bits per heavy atom. The van der Waals surface area contributed by atoms with Crippen LogP contribution in [0.3, 0.4) is 0 Å². The van der Waals surface area contributed by atoms with Crippen molar-refractivity contribution in [3.8, 4) is 22.6 Å². The summed E-state index contributed by atoms with van der Waals surface area (Å²) in [6.45, 7) is 0.444. The molecule has 0 fully saturated rings. The van der Waals surface area contributed by atoms with Gasteiger partial charge in [-0.3, -0.25) is 4.98 Å². The van der Waals surface area contributed by atoms with E-state index in [-0.39, 0.29) is 0 Å². The molecule has 0 aliphatic heterocycles. The van der Waals surface area contributed by atoms with Crippen molar-refractivity contribution in [2.75, 3.05) is 0 Å². The monoisotopic (exact) mass is 355 g/mol. The quantitative estimate of drug-likeness (QED) is 0.578. The van der Waals surface area contributed by atoms with Crippen LogP contribution in [-0.4, -0.2) is 25.6 Å². The lowest BCUT2D eigenvalue weighted by Crippen LogP contribution is -2.07. The zero-order valence-electron chi connectivity index (χ0n) is 14.5. The second kappa shape index (κ2) is 7.25. The van der Waals surface area contributed by atoms with Crippen LogP contribution in [0.15, 0.2) is 85.3 Å². The van der Waals surface area contributed by atoms with Crippen molar-refractivity contribution in [1.82, 2.24) is 14.5 Å². The smallest absolute Gasteiger partial charge is 0.336 e. The third kappa shape index (κ3) is 3.48. The van der Waals surface area contributed by atoms with Gasteiger partial charge in [0.25, 0.3) is 0 Å². The van der Waals surface area contributed by atoms with E-state index in [0.29, 0.717) is 12.1 Å². The Kier molecular flexibility index (Phi) is 4.49. The van der Waals surface area contributed by atoms with Crippen molar-refractivity contribution in [3.63, 3.8) is 0 Å². The number of pyridine rings is 1. The first-order valence-electron chi connectivity index (χ1n) is 8.56. The van der Waals surface area contributed by atoms with E-state index < -0.39 is 5.97 Å². The largest absolute Gasteiger partial charge is 0.478 e. The molecule has 0 radical (unpaired) electrons. The van der Waals surface area contributed by atoms with Crippen molar-refractivity contribution in [1.29, 1.82) is 0 Å². The molecule has 4 rings (SSSR count). The summed E-state index contributed by atoms with van der Waals surface area (Å²) in [5, 5.41) is 9.39. The molecule has 0 amide bonds. The number of carboxylic acid groups (broad SMARTS) is 1. The molecule has 0 atom stereocenters. The third-order valence-electron chi connectivity index (χ3n) is 4.41. The van der Waals surface area contributed by atoms with Crippen LogP contribution in [0.25, 0.3) is 22.6 Å². The zero-order chi connectivity index (χ0) is 18.6. The van der Waals surface area contributed by atoms with Gasteiger partial charge in [-0.1, -0.05) is 48.5 Å². The molecule has 2 aromatic heterocycles. The highest BCUT2D eigenvalue weighted by Gasteiger charge is 2.12. The van der Waals surface area contributed by atoms with E-state index in [4.69, 9.17) is 0 Å². The molecule has 0 saturated carbocycles. The topological polar surface area (TPSA) is 68.0 Å². The Morgan fingerprint density at radius 2 is 1.59 bits per heavy atom. The molecule has 0 saturated heterocycles. The molecule has 0 aliphatic carbocycles. The molecule has 2 aromatic carbocycles. The summed E-state index contributed by atoms with van der Waals surface area (Å²) in [5.41, 5.74) is 3.97. The average molecular weight is 355 g/mol. The van der Waals surface area contributed by atoms with Crippen molar-refractivity contribution in [3.05, 3.63) is 96.4 Å². The number of nitrogens with zero attached hydrogens (tertiary/aromatic N) is 3. The van der Waals surface area contributed by atoms with Crippen LogP contribution in [0, 0.1) is 0 Å². The van der Waals surface area contributed by atoms with Crippen LogP contribution in [0.2, 0.25) is 0 Å². The lowest BCUT2D eigenvalue weighted by Gasteiger charge is -2.11. The van der Waals surface area contributed by atoms with Gasteiger partial charge in [0.2, 0.25) is 0 Å². The maximum absolute atomic E-state index is 11.4. The summed E-state index contributed by atoms with van der Waals surface area (Å²) in [5.74, 6) is -0.130. The van der Waals surface area contributed by atoms with E-state index in [2.05, 4.69) is 9.97 Å². The van der Waals surface area contributed by atoms with Crippen LogP contribution < -0.4 is 0 Å². The van der Waals surface area contributed by atoms with Crippen LogP contribution >= 0.6 is 0 Å². The van der Waals surface area contributed by atoms with Crippen LogP contribution in [0.4, 0.5) is 0 Å². The zero-order valence-corrected chi connectivity index (χ0v) is 14.5. The predicted molar refractivity (Wildman–Crippen MR) is 103 cm³/mol. The standard InChI is InChI=1S/C22H17N3O2/c26-22(27)19-6-2-1-5-18(19)15-25-14-13-24-21(25)17-10-8-16(9-11-17)20-7-3-4-12-23-20/h1-14H,15H2,(H,26,27). The maximum Gasteiger partial charge on any atom is 0.336 e. The second-order valence-electron chi connectivity index (χ2n) is 6.13. The molecule has 5 nitrogen and oxygen atoms in total. The van der Waals surface area contributed by atoms with Crippen LogP contribution in [0.5, 0.6) is 0 Å². The molecule has 5 heteroatoms. The lowest BCUT2D eigenvalue weighted by atomic mass is 10.1. The van der Waals surface area contributed by atoms with Crippen molar-refractivity contribution in [2.45, 2.75) is 6.54 Å². The van der Waals surface area contributed by atoms with E-state index in [0.717, 1.165) is 28.2 Å². The first-order valence-corrected chi connectivity index (χ1v) is 8.56. The number of carbonyl (C=O) groups is 1. The Balaban J connectivity index is 1.64. The van der Waals surface area contributed by atoms with Gasteiger partial charge in [0.1, 0.15) is 5.82 Å². The molecule has 27 heavy (non-hydrogen) atoms. The summed E-state index contributed by atoms with van der Waals surface area (Å²) < 4.78 is 1.96. The lowest BCUT2D eigenvalue weighted by molar-refractivity contribution is 0.0695. The summed E-state index contributed by atoms with van der Waals surface area (Å²) >= 11 is 0. The van der Waals surface area contributed by atoms with E-state index >= 15 is 0 Å². The van der Waals surface area contributed by atoms with E-state index in [9.17, 15) is 9.90 Å². The van der Waals surface area contributed by atoms with Gasteiger partial charge in [-0.25, -0.2) is 9.78 Å². The minimum absolute atomic E-state index is 0.308. The van der Waals surface area contributed by atoms with E-state index in [1.807, 2.05) is 65.4 Å². The fourth-order valence-corrected chi connectivity index (χ4v) is 3.07. The van der Waals surface area contributed by atoms with Gasteiger partial charge in [-0.05, 0) is 23.8 Å². The first-order chi connectivity index (χ1) is 13.2. The van der Waals surface area contributed by atoms with Crippen molar-refractivity contribution < 1.29 is 9.90 Å². The third-order valence-corrected chi connectivity index (χ3v) is 4.41. The van der Waals surface area contributed by atoms with Gasteiger partial charge >= 0.3 is 5.97 Å². The number of aromatic carboxylic acids is 1. The molecular weight excluding hydrogens is 338 g/mol. The molecule has 0 bridgehead atoms. The van der Waals surface area contributed by atoms with Crippen LogP contribution in [-0.2, 0) is 6.54 Å². The molecule has 4 aromatic rings.